The third kappa shape index (κ3) is 3.62. The Morgan fingerprint density at radius 3 is 2.56 bits per heavy atom. The average Bonchev–Trinajstić information content (AvgIpc) is 3.10. The average molecular weight is 381 g/mol. The predicted octanol–water partition coefficient (Wildman–Crippen LogP) is 3.00. The third-order valence-electron chi connectivity index (χ3n) is 5.00. The molecule has 0 radical (unpaired) electrons. The lowest BCUT2D eigenvalue weighted by atomic mass is 9.85. The molecule has 1 unspecified atom stereocenters. The molecule has 0 aromatic carbocycles. The molecule has 25 heavy (non-hydrogen) atoms. The molecule has 1 saturated heterocycles. The van der Waals surface area contributed by atoms with Crippen molar-refractivity contribution in [3.8, 4) is 0 Å². The molecular formula is C18H25ClN4OS. The molecule has 1 aromatic heterocycles. The van der Waals surface area contributed by atoms with E-state index in [0.717, 1.165) is 43.1 Å². The van der Waals surface area contributed by atoms with Crippen molar-refractivity contribution in [1.82, 2.24) is 5.32 Å². The van der Waals surface area contributed by atoms with Crippen LogP contribution in [0.1, 0.15) is 35.1 Å². The van der Waals surface area contributed by atoms with Crippen LogP contribution in [0.2, 0.25) is 0 Å². The molecule has 7 heteroatoms. The Morgan fingerprint density at radius 1 is 1.20 bits per heavy atom. The summed E-state index contributed by atoms with van der Waals surface area (Å²) in [5.41, 5.74) is 3.84. The van der Waals surface area contributed by atoms with Gasteiger partial charge in [-0.25, -0.2) is 4.99 Å². The fourth-order valence-electron chi connectivity index (χ4n) is 3.66. The van der Waals surface area contributed by atoms with E-state index in [1.165, 1.54) is 15.3 Å². The number of nitrogens with one attached hydrogen (secondary N) is 1. The van der Waals surface area contributed by atoms with Gasteiger partial charge in [-0.2, -0.15) is 0 Å². The Kier molecular flexibility index (Phi) is 5.99. The Labute approximate surface area is 158 Å². The summed E-state index contributed by atoms with van der Waals surface area (Å²) >= 11 is 1.82. The summed E-state index contributed by atoms with van der Waals surface area (Å²) < 4.78 is 0. The largest absolute Gasteiger partial charge is 0.412 e. The number of fused-ring (bicyclic) bond motifs is 1. The molecule has 1 aromatic rings. The zero-order valence-corrected chi connectivity index (χ0v) is 16.4. The first-order chi connectivity index (χ1) is 11.0. The van der Waals surface area contributed by atoms with Crippen molar-refractivity contribution in [1.29, 1.82) is 0 Å². The molecule has 0 aliphatic carbocycles. The van der Waals surface area contributed by atoms with Gasteiger partial charge in [0, 0.05) is 21.2 Å². The molecule has 1 fully saturated rings. The second-order valence-corrected chi connectivity index (χ2v) is 8.19. The highest BCUT2D eigenvalue weighted by molar-refractivity contribution is 7.12. The maximum Gasteiger partial charge on any atom is 0.151 e. The van der Waals surface area contributed by atoms with Crippen molar-refractivity contribution >= 4 is 47.1 Å². The lowest BCUT2D eigenvalue weighted by Crippen LogP contribution is -2.42. The van der Waals surface area contributed by atoms with Gasteiger partial charge in [0.1, 0.15) is 5.71 Å². The smallest absolute Gasteiger partial charge is 0.151 e. The molecule has 3 N–H and O–H groups in total. The highest BCUT2D eigenvalue weighted by atomic mass is 35.5. The van der Waals surface area contributed by atoms with Crippen LogP contribution < -0.4 is 5.32 Å². The number of nitrogens with zero attached hydrogens (tertiary/aromatic N) is 3. The molecule has 1 atom stereocenters. The van der Waals surface area contributed by atoms with Gasteiger partial charge < -0.3 is 10.8 Å². The van der Waals surface area contributed by atoms with Crippen LogP contribution in [0.25, 0.3) is 5.70 Å². The van der Waals surface area contributed by atoms with Crippen molar-refractivity contribution in [2.45, 2.75) is 39.3 Å². The van der Waals surface area contributed by atoms with Gasteiger partial charge in [-0.15, -0.1) is 23.7 Å². The molecule has 0 amide bonds. The topological polar surface area (TPSA) is 80.6 Å². The molecular weight excluding hydrogens is 356 g/mol. The lowest BCUT2D eigenvalue weighted by molar-refractivity contribution is 0.244. The maximum atomic E-state index is 5.00. The molecule has 3 aliphatic rings. The fourth-order valence-corrected chi connectivity index (χ4v) is 4.59. The number of aryl methyl sites for hydroxylation is 2. The summed E-state index contributed by atoms with van der Waals surface area (Å²) in [6.45, 7) is 8.59. The van der Waals surface area contributed by atoms with E-state index < -0.39 is 0 Å². The Hall–Kier alpha value is -1.34. The minimum atomic E-state index is -0.331. The number of rotatable bonds is 2. The maximum absolute atomic E-state index is 5.00. The van der Waals surface area contributed by atoms with Crippen LogP contribution in [0.3, 0.4) is 0 Å². The second-order valence-electron chi connectivity index (χ2n) is 6.73. The molecule has 0 saturated carbocycles. The van der Waals surface area contributed by atoms with Gasteiger partial charge in [0.15, 0.2) is 5.66 Å². The highest BCUT2D eigenvalue weighted by Crippen LogP contribution is 2.35. The van der Waals surface area contributed by atoms with Crippen LogP contribution in [-0.4, -0.2) is 41.9 Å². The molecule has 4 rings (SSSR count). The van der Waals surface area contributed by atoms with Crippen molar-refractivity contribution in [2.75, 3.05) is 13.1 Å². The van der Waals surface area contributed by atoms with E-state index in [2.05, 4.69) is 38.2 Å². The summed E-state index contributed by atoms with van der Waals surface area (Å²) in [5.74, 6) is 0.511. The van der Waals surface area contributed by atoms with Gasteiger partial charge in [0.05, 0.1) is 17.6 Å². The van der Waals surface area contributed by atoms with E-state index in [1.54, 1.807) is 0 Å². The van der Waals surface area contributed by atoms with E-state index in [4.69, 9.17) is 15.0 Å². The number of thiophene rings is 1. The number of allylic oxidation sites excluding steroid dienone is 1. The molecule has 3 aliphatic heterocycles. The standard InChI is InChI=1S/C18H22N4S.ClH.H2O/c1-11-8-14(12(2)23-11)15-9-16-17(21-15)10-20-18(3,22-16)13-4-6-19-7-5-13;;/h8-10,13,19H,4-7H2,1-3H3;1H;1H2. The van der Waals surface area contributed by atoms with Crippen molar-refractivity contribution in [3.05, 3.63) is 27.5 Å². The first-order valence-corrected chi connectivity index (χ1v) is 9.11. The second kappa shape index (κ2) is 7.50. The SMILES string of the molecule is Cc1cc(C2=CC3=NC(C)(C4CCNCC4)N=CC3=N2)c(C)s1.Cl.O. The Balaban J connectivity index is 0.00000113. The minimum absolute atomic E-state index is 0. The van der Waals surface area contributed by atoms with Crippen LogP contribution in [0.15, 0.2) is 27.1 Å². The normalized spacial score (nSPS) is 25.3. The molecule has 4 heterocycles. The monoisotopic (exact) mass is 380 g/mol. The molecule has 136 valence electrons. The van der Waals surface area contributed by atoms with E-state index >= 15 is 0 Å². The summed E-state index contributed by atoms with van der Waals surface area (Å²) in [6, 6.07) is 2.22. The van der Waals surface area contributed by atoms with E-state index in [9.17, 15) is 0 Å². The quantitative estimate of drug-likeness (QED) is 0.840. The van der Waals surface area contributed by atoms with Gasteiger partial charge in [-0.3, -0.25) is 9.98 Å². The van der Waals surface area contributed by atoms with E-state index in [0.29, 0.717) is 5.92 Å². The van der Waals surface area contributed by atoms with E-state index in [-0.39, 0.29) is 23.5 Å². The molecule has 0 bridgehead atoms. The summed E-state index contributed by atoms with van der Waals surface area (Å²) in [4.78, 5) is 17.2. The van der Waals surface area contributed by atoms with Crippen LogP contribution in [-0.2, 0) is 0 Å². The number of aliphatic imine (C=N–C) groups is 3. The predicted molar refractivity (Wildman–Crippen MR) is 110 cm³/mol. The van der Waals surface area contributed by atoms with Gasteiger partial charge in [0.2, 0.25) is 0 Å². The zero-order valence-electron chi connectivity index (χ0n) is 14.8. The summed E-state index contributed by atoms with van der Waals surface area (Å²) in [7, 11) is 0. The molecule has 5 nitrogen and oxygen atoms in total. The van der Waals surface area contributed by atoms with Crippen molar-refractivity contribution in [2.24, 2.45) is 20.9 Å². The third-order valence-corrected chi connectivity index (χ3v) is 5.97. The van der Waals surface area contributed by atoms with Gasteiger partial charge in [0.25, 0.3) is 0 Å². The van der Waals surface area contributed by atoms with Crippen LogP contribution >= 0.6 is 23.7 Å². The fraction of sp³-hybridized carbons (Fsp3) is 0.500. The van der Waals surface area contributed by atoms with Gasteiger partial charge in [-0.05, 0) is 58.8 Å². The number of hydrogen-bond donors (Lipinski definition) is 1. The summed E-state index contributed by atoms with van der Waals surface area (Å²) in [6.07, 6.45) is 6.34. The van der Waals surface area contributed by atoms with Crippen LogP contribution in [0.4, 0.5) is 0 Å². The highest BCUT2D eigenvalue weighted by Gasteiger charge is 2.37. The Morgan fingerprint density at radius 2 is 1.92 bits per heavy atom. The zero-order chi connectivity index (χ0) is 16.0. The van der Waals surface area contributed by atoms with E-state index in [1.807, 2.05) is 17.6 Å². The lowest BCUT2D eigenvalue weighted by Gasteiger charge is -2.35. The van der Waals surface area contributed by atoms with Gasteiger partial charge >= 0.3 is 0 Å². The number of hydrogen-bond acceptors (Lipinski definition) is 5. The minimum Gasteiger partial charge on any atom is -0.412 e. The van der Waals surface area contributed by atoms with Gasteiger partial charge in [-0.1, -0.05) is 0 Å². The summed E-state index contributed by atoms with van der Waals surface area (Å²) in [5, 5.41) is 3.42. The number of halogens is 1. The number of piperidine rings is 1. The molecule has 0 spiro atoms. The van der Waals surface area contributed by atoms with Crippen LogP contribution in [0.5, 0.6) is 0 Å². The Bertz CT molecular complexity index is 774. The first-order valence-electron chi connectivity index (χ1n) is 8.29. The van der Waals surface area contributed by atoms with Crippen molar-refractivity contribution < 1.29 is 5.48 Å². The first kappa shape index (κ1) is 20.0. The van der Waals surface area contributed by atoms with Crippen LogP contribution in [0, 0.1) is 19.8 Å². The van der Waals surface area contributed by atoms with Crippen molar-refractivity contribution in [3.63, 3.8) is 0 Å².